The van der Waals surface area contributed by atoms with Gasteiger partial charge in [-0.3, -0.25) is 4.79 Å². The lowest BCUT2D eigenvalue weighted by molar-refractivity contribution is 0.0921. The molecule has 0 spiro atoms. The number of hydrogen-bond donors (Lipinski definition) is 1. The van der Waals surface area contributed by atoms with Crippen molar-refractivity contribution in [2.75, 3.05) is 7.11 Å². The van der Waals surface area contributed by atoms with E-state index in [1.54, 1.807) is 24.6 Å². The molecule has 27 heavy (non-hydrogen) atoms. The van der Waals surface area contributed by atoms with Gasteiger partial charge in [0.15, 0.2) is 0 Å². The zero-order valence-corrected chi connectivity index (χ0v) is 16.2. The molecule has 1 aromatic heterocycles. The fourth-order valence-electron chi connectivity index (χ4n) is 2.76. The number of methoxy groups -OCH3 is 1. The van der Waals surface area contributed by atoms with Crippen molar-refractivity contribution in [3.05, 3.63) is 71.0 Å². The summed E-state index contributed by atoms with van der Waals surface area (Å²) in [5.74, 6) is 0.386. The Morgan fingerprint density at radius 3 is 2.37 bits per heavy atom. The van der Waals surface area contributed by atoms with Crippen LogP contribution in [0.4, 0.5) is 4.39 Å². The summed E-state index contributed by atoms with van der Waals surface area (Å²) in [7, 11) is 1.62. The quantitative estimate of drug-likeness (QED) is 0.644. The molecule has 0 saturated carbocycles. The average molecular weight is 384 g/mol. The molecule has 0 fully saturated rings. The minimum atomic E-state index is -0.295. The van der Waals surface area contributed by atoms with Crippen LogP contribution in [0, 0.1) is 11.7 Å². The van der Waals surface area contributed by atoms with E-state index in [1.165, 1.54) is 23.5 Å². The lowest BCUT2D eigenvalue weighted by Crippen LogP contribution is -2.32. The number of benzene rings is 2. The second kappa shape index (κ2) is 8.31. The second-order valence-electron chi connectivity index (χ2n) is 6.51. The number of ether oxygens (including phenoxy) is 1. The number of aromatic nitrogens is 1. The number of amides is 1. The van der Waals surface area contributed by atoms with Gasteiger partial charge in [-0.25, -0.2) is 9.37 Å². The zero-order chi connectivity index (χ0) is 19.4. The van der Waals surface area contributed by atoms with Gasteiger partial charge < -0.3 is 10.1 Å². The molecule has 0 bridgehead atoms. The summed E-state index contributed by atoms with van der Waals surface area (Å²) in [4.78, 5) is 17.1. The molecule has 6 heteroatoms. The Bertz CT molecular complexity index is 905. The van der Waals surface area contributed by atoms with Crippen molar-refractivity contribution in [2.24, 2.45) is 5.92 Å². The zero-order valence-electron chi connectivity index (χ0n) is 15.4. The molecular weight excluding hydrogens is 363 g/mol. The normalized spacial score (nSPS) is 12.0. The van der Waals surface area contributed by atoms with Gasteiger partial charge in [-0.2, -0.15) is 0 Å². The average Bonchev–Trinajstić information content (AvgIpc) is 3.17. The van der Waals surface area contributed by atoms with Crippen LogP contribution in [0.3, 0.4) is 0 Å². The van der Waals surface area contributed by atoms with Crippen molar-refractivity contribution in [1.82, 2.24) is 10.3 Å². The van der Waals surface area contributed by atoms with E-state index < -0.39 is 0 Å². The third-order valence-electron chi connectivity index (χ3n) is 4.26. The van der Waals surface area contributed by atoms with Crippen molar-refractivity contribution in [3.8, 4) is 16.3 Å². The summed E-state index contributed by atoms with van der Waals surface area (Å²) < 4.78 is 18.3. The standard InChI is InChI=1S/C21H21FN2O2S/c1-13(2)19(14-4-8-16(22)9-5-14)24-20(25)18-12-27-21(23-18)15-6-10-17(26-3)11-7-15/h4-13,19H,1-3H3,(H,24,25). The first kappa shape index (κ1) is 19.0. The molecule has 3 aromatic rings. The van der Waals surface area contributed by atoms with Gasteiger partial charge in [-0.1, -0.05) is 26.0 Å². The molecule has 1 heterocycles. The Kier molecular flexibility index (Phi) is 5.86. The number of carbonyl (C=O) groups excluding carboxylic acids is 1. The number of carbonyl (C=O) groups is 1. The number of nitrogens with one attached hydrogen (secondary N) is 1. The summed E-state index contributed by atoms with van der Waals surface area (Å²) in [6.07, 6.45) is 0. The number of halogens is 1. The molecule has 1 amide bonds. The summed E-state index contributed by atoms with van der Waals surface area (Å²) in [5.41, 5.74) is 2.17. The number of thiazole rings is 1. The first-order valence-corrected chi connectivity index (χ1v) is 9.52. The molecule has 140 valence electrons. The van der Waals surface area contributed by atoms with E-state index in [1.807, 2.05) is 38.1 Å². The van der Waals surface area contributed by atoms with E-state index >= 15 is 0 Å². The topological polar surface area (TPSA) is 51.2 Å². The molecule has 0 aliphatic rings. The number of nitrogens with zero attached hydrogens (tertiary/aromatic N) is 1. The van der Waals surface area contributed by atoms with Crippen molar-refractivity contribution in [2.45, 2.75) is 19.9 Å². The molecule has 2 aromatic carbocycles. The van der Waals surface area contributed by atoms with Gasteiger partial charge in [0.25, 0.3) is 5.91 Å². The Morgan fingerprint density at radius 1 is 1.11 bits per heavy atom. The van der Waals surface area contributed by atoms with Crippen molar-refractivity contribution >= 4 is 17.2 Å². The van der Waals surface area contributed by atoms with Gasteiger partial charge in [-0.15, -0.1) is 11.3 Å². The second-order valence-corrected chi connectivity index (χ2v) is 7.37. The largest absolute Gasteiger partial charge is 0.497 e. The molecule has 1 unspecified atom stereocenters. The highest BCUT2D eigenvalue weighted by Crippen LogP contribution is 2.27. The molecule has 0 saturated heterocycles. The van der Waals surface area contributed by atoms with E-state index in [0.29, 0.717) is 5.69 Å². The van der Waals surface area contributed by atoms with Crippen molar-refractivity contribution in [3.63, 3.8) is 0 Å². The van der Waals surface area contributed by atoms with Crippen LogP contribution in [0.1, 0.15) is 35.9 Å². The van der Waals surface area contributed by atoms with Crippen LogP contribution in [-0.2, 0) is 0 Å². The van der Waals surface area contributed by atoms with Crippen molar-refractivity contribution < 1.29 is 13.9 Å². The van der Waals surface area contributed by atoms with E-state index in [0.717, 1.165) is 21.9 Å². The van der Waals surface area contributed by atoms with Crippen LogP contribution < -0.4 is 10.1 Å². The van der Waals surface area contributed by atoms with Gasteiger partial charge in [0.05, 0.1) is 13.2 Å². The van der Waals surface area contributed by atoms with E-state index in [4.69, 9.17) is 4.74 Å². The SMILES string of the molecule is COc1ccc(-c2nc(C(=O)NC(c3ccc(F)cc3)C(C)C)cs2)cc1. The summed E-state index contributed by atoms with van der Waals surface area (Å²) in [6.45, 7) is 4.02. The van der Waals surface area contributed by atoms with E-state index in [-0.39, 0.29) is 23.7 Å². The number of hydrogen-bond acceptors (Lipinski definition) is 4. The summed E-state index contributed by atoms with van der Waals surface area (Å²) in [5, 5.41) is 5.53. The van der Waals surface area contributed by atoms with Gasteiger partial charge >= 0.3 is 0 Å². The first-order valence-electron chi connectivity index (χ1n) is 8.64. The Hall–Kier alpha value is -2.73. The molecule has 0 aliphatic carbocycles. The van der Waals surface area contributed by atoms with Gasteiger partial charge in [0.1, 0.15) is 22.3 Å². The maximum absolute atomic E-state index is 13.2. The van der Waals surface area contributed by atoms with Crippen LogP contribution in [0.15, 0.2) is 53.9 Å². The fourth-order valence-corrected chi connectivity index (χ4v) is 3.57. The first-order chi connectivity index (χ1) is 13.0. The van der Waals surface area contributed by atoms with E-state index in [2.05, 4.69) is 10.3 Å². The number of rotatable bonds is 6. The molecule has 4 nitrogen and oxygen atoms in total. The van der Waals surface area contributed by atoms with Gasteiger partial charge in [-0.05, 0) is 47.9 Å². The van der Waals surface area contributed by atoms with Crippen LogP contribution in [0.2, 0.25) is 0 Å². The maximum Gasteiger partial charge on any atom is 0.271 e. The molecule has 3 rings (SSSR count). The lowest BCUT2D eigenvalue weighted by Gasteiger charge is -2.22. The van der Waals surface area contributed by atoms with E-state index in [9.17, 15) is 9.18 Å². The van der Waals surface area contributed by atoms with Crippen molar-refractivity contribution in [1.29, 1.82) is 0 Å². The van der Waals surface area contributed by atoms with Gasteiger partial charge in [0, 0.05) is 10.9 Å². The minimum absolute atomic E-state index is 0.152. The van der Waals surface area contributed by atoms with Crippen LogP contribution in [0.25, 0.3) is 10.6 Å². The van der Waals surface area contributed by atoms with Gasteiger partial charge in [0.2, 0.25) is 0 Å². The fraction of sp³-hybridized carbons (Fsp3) is 0.238. The lowest BCUT2D eigenvalue weighted by atomic mass is 9.96. The third kappa shape index (κ3) is 4.52. The Morgan fingerprint density at radius 2 is 1.78 bits per heavy atom. The molecule has 0 aliphatic heterocycles. The molecular formula is C21H21FN2O2S. The maximum atomic E-state index is 13.2. The molecule has 1 N–H and O–H groups in total. The summed E-state index contributed by atoms with van der Waals surface area (Å²) >= 11 is 1.42. The summed E-state index contributed by atoms with van der Waals surface area (Å²) in [6, 6.07) is 13.5. The Labute approximate surface area is 162 Å². The molecule has 1 atom stereocenters. The highest BCUT2D eigenvalue weighted by molar-refractivity contribution is 7.13. The predicted molar refractivity (Wildman–Crippen MR) is 106 cm³/mol. The smallest absolute Gasteiger partial charge is 0.271 e. The third-order valence-corrected chi connectivity index (χ3v) is 5.15. The monoisotopic (exact) mass is 384 g/mol. The van der Waals surface area contributed by atoms with Crippen LogP contribution >= 0.6 is 11.3 Å². The minimum Gasteiger partial charge on any atom is -0.497 e. The molecule has 0 radical (unpaired) electrons. The van der Waals surface area contributed by atoms with Crippen LogP contribution in [-0.4, -0.2) is 18.0 Å². The highest BCUT2D eigenvalue weighted by Gasteiger charge is 2.21. The van der Waals surface area contributed by atoms with Crippen LogP contribution in [0.5, 0.6) is 5.75 Å². The highest BCUT2D eigenvalue weighted by atomic mass is 32.1. The predicted octanol–water partition coefficient (Wildman–Crippen LogP) is 5.08. The Balaban J connectivity index is 1.76.